The highest BCUT2D eigenvalue weighted by atomic mass is 35.5. The Morgan fingerprint density at radius 1 is 0.706 bits per heavy atom. The molecule has 2 heterocycles. The number of anilines is 2. The van der Waals surface area contributed by atoms with Crippen LogP contribution < -0.4 is 4.90 Å². The molecule has 2 aliphatic heterocycles. The van der Waals surface area contributed by atoms with Crippen molar-refractivity contribution in [1.29, 1.82) is 0 Å². The van der Waals surface area contributed by atoms with E-state index in [1.165, 1.54) is 11.3 Å². The van der Waals surface area contributed by atoms with Gasteiger partial charge in [0.05, 0.1) is 0 Å². The molecule has 3 aromatic rings. The molecule has 0 N–H and O–H groups in total. The average Bonchev–Trinajstić information content (AvgIpc) is 3.14. The molecule has 3 aromatic carbocycles. The number of para-hydroxylation sites is 1. The van der Waals surface area contributed by atoms with Gasteiger partial charge in [0.15, 0.2) is 0 Å². The molecule has 0 spiro atoms. The molecule has 5 nitrogen and oxygen atoms in total. The summed E-state index contributed by atoms with van der Waals surface area (Å²) in [4.78, 5) is 32.0. The molecule has 0 aromatic heterocycles. The minimum absolute atomic E-state index is 0.00582. The highest BCUT2D eigenvalue weighted by molar-refractivity contribution is 6.30. The van der Waals surface area contributed by atoms with E-state index < -0.39 is 0 Å². The summed E-state index contributed by atoms with van der Waals surface area (Å²) in [5.41, 5.74) is 4.71. The fourth-order valence-electron chi connectivity index (χ4n) is 4.57. The van der Waals surface area contributed by atoms with Crippen LogP contribution in [0.2, 0.25) is 5.02 Å². The maximum absolute atomic E-state index is 13.2. The van der Waals surface area contributed by atoms with Gasteiger partial charge >= 0.3 is 0 Å². The third-order valence-electron chi connectivity index (χ3n) is 6.40. The summed E-state index contributed by atoms with van der Waals surface area (Å²) in [5, 5.41) is 0.608. The van der Waals surface area contributed by atoms with E-state index in [2.05, 4.69) is 29.2 Å². The van der Waals surface area contributed by atoms with Crippen LogP contribution in [0.25, 0.3) is 6.08 Å². The number of fused-ring (bicyclic) bond motifs is 1. The summed E-state index contributed by atoms with van der Waals surface area (Å²) in [6.45, 7) is 3.10. The Kier molecular flexibility index (Phi) is 6.37. The Labute approximate surface area is 204 Å². The van der Waals surface area contributed by atoms with Crippen molar-refractivity contribution in [3.63, 3.8) is 0 Å². The van der Waals surface area contributed by atoms with E-state index in [4.69, 9.17) is 11.6 Å². The summed E-state index contributed by atoms with van der Waals surface area (Å²) in [5.74, 6) is -0.0162. The molecule has 0 unspecified atom stereocenters. The Morgan fingerprint density at radius 3 is 1.94 bits per heavy atom. The van der Waals surface area contributed by atoms with E-state index >= 15 is 0 Å². The molecule has 0 radical (unpaired) electrons. The van der Waals surface area contributed by atoms with Gasteiger partial charge in [-0.15, -0.1) is 0 Å². The molecule has 0 atom stereocenters. The van der Waals surface area contributed by atoms with Crippen LogP contribution in [0.3, 0.4) is 0 Å². The molecule has 5 rings (SSSR count). The number of hydrogen-bond donors (Lipinski definition) is 0. The third-order valence-corrected chi connectivity index (χ3v) is 6.65. The van der Waals surface area contributed by atoms with Crippen molar-refractivity contribution >= 4 is 40.9 Å². The van der Waals surface area contributed by atoms with Crippen molar-refractivity contribution in [3.8, 4) is 0 Å². The predicted molar refractivity (Wildman–Crippen MR) is 137 cm³/mol. The predicted octanol–water partition coefficient (Wildman–Crippen LogP) is 5.49. The molecule has 2 aliphatic rings. The number of carbonyl (C=O) groups is 2. The van der Waals surface area contributed by atoms with E-state index in [-0.39, 0.29) is 11.8 Å². The fourth-order valence-corrected chi connectivity index (χ4v) is 4.69. The van der Waals surface area contributed by atoms with E-state index in [1.54, 1.807) is 24.3 Å². The van der Waals surface area contributed by atoms with E-state index in [0.29, 0.717) is 42.3 Å². The number of amides is 2. The number of hydrogen-bond acceptors (Lipinski definition) is 3. The summed E-state index contributed by atoms with van der Waals surface area (Å²) in [7, 11) is 0. The van der Waals surface area contributed by atoms with Crippen molar-refractivity contribution in [2.75, 3.05) is 37.6 Å². The Morgan fingerprint density at radius 2 is 1.29 bits per heavy atom. The molecule has 172 valence electrons. The van der Waals surface area contributed by atoms with Crippen molar-refractivity contribution in [3.05, 3.63) is 101 Å². The topological polar surface area (TPSA) is 43.9 Å². The lowest BCUT2D eigenvalue weighted by atomic mass is 10.1. The first-order valence-electron chi connectivity index (χ1n) is 11.6. The van der Waals surface area contributed by atoms with Crippen molar-refractivity contribution in [2.24, 2.45) is 0 Å². The second-order valence-electron chi connectivity index (χ2n) is 8.56. The van der Waals surface area contributed by atoms with Gasteiger partial charge in [0, 0.05) is 60.2 Å². The summed E-state index contributed by atoms with van der Waals surface area (Å²) < 4.78 is 0. The summed E-state index contributed by atoms with van der Waals surface area (Å²) in [6.07, 6.45) is 5.04. The van der Waals surface area contributed by atoms with Gasteiger partial charge in [-0.05, 0) is 66.6 Å². The first kappa shape index (κ1) is 22.2. The molecule has 6 heteroatoms. The van der Waals surface area contributed by atoms with Crippen LogP contribution in [0.15, 0.2) is 78.9 Å². The van der Waals surface area contributed by atoms with E-state index in [9.17, 15) is 9.59 Å². The van der Waals surface area contributed by atoms with Crippen LogP contribution in [0.1, 0.15) is 32.7 Å². The zero-order chi connectivity index (χ0) is 23.5. The Balaban J connectivity index is 1.25. The number of halogens is 1. The second-order valence-corrected chi connectivity index (χ2v) is 9.00. The summed E-state index contributed by atoms with van der Waals surface area (Å²) in [6, 6.07) is 23.1. The monoisotopic (exact) mass is 471 g/mol. The molecule has 2 amide bonds. The van der Waals surface area contributed by atoms with Crippen molar-refractivity contribution in [2.45, 2.75) is 6.42 Å². The van der Waals surface area contributed by atoms with Crippen LogP contribution >= 0.6 is 11.6 Å². The van der Waals surface area contributed by atoms with Crippen LogP contribution in [-0.4, -0.2) is 54.3 Å². The number of rotatable bonds is 3. The zero-order valence-corrected chi connectivity index (χ0v) is 19.6. The fraction of sp³-hybridized carbons (Fsp3) is 0.214. The Hall–Kier alpha value is -3.57. The lowest BCUT2D eigenvalue weighted by Crippen LogP contribution is -2.37. The summed E-state index contributed by atoms with van der Waals surface area (Å²) >= 11 is 5.94. The number of nitrogens with zero attached hydrogens (tertiary/aromatic N) is 3. The number of benzene rings is 3. The lowest BCUT2D eigenvalue weighted by Gasteiger charge is -2.28. The highest BCUT2D eigenvalue weighted by Crippen LogP contribution is 2.32. The second kappa shape index (κ2) is 9.74. The SMILES string of the molecule is O=C(c1ccc(Cl)cc1)N1CCCN(C(=O)c2ccc(N3CC=Cc4ccccc43)cc2)CC1. The quantitative estimate of drug-likeness (QED) is 0.507. The maximum Gasteiger partial charge on any atom is 0.253 e. The third kappa shape index (κ3) is 4.57. The highest BCUT2D eigenvalue weighted by Gasteiger charge is 2.24. The molecular weight excluding hydrogens is 446 g/mol. The largest absolute Gasteiger partial charge is 0.337 e. The molecule has 1 saturated heterocycles. The van der Waals surface area contributed by atoms with Crippen LogP contribution in [0, 0.1) is 0 Å². The van der Waals surface area contributed by atoms with Gasteiger partial charge in [-0.25, -0.2) is 0 Å². The lowest BCUT2D eigenvalue weighted by molar-refractivity contribution is 0.0719. The van der Waals surface area contributed by atoms with Crippen molar-refractivity contribution in [1.82, 2.24) is 9.80 Å². The molecule has 0 saturated carbocycles. The maximum atomic E-state index is 13.2. The first-order valence-corrected chi connectivity index (χ1v) is 12.0. The Bertz CT molecular complexity index is 1220. The molecule has 34 heavy (non-hydrogen) atoms. The first-order chi connectivity index (χ1) is 16.6. The molecular formula is C28H26ClN3O2. The van der Waals surface area contributed by atoms with Gasteiger partial charge in [0.1, 0.15) is 0 Å². The minimum Gasteiger partial charge on any atom is -0.337 e. The normalized spacial score (nSPS) is 15.6. The van der Waals surface area contributed by atoms with Gasteiger partial charge in [-0.3, -0.25) is 9.59 Å². The molecule has 0 aliphatic carbocycles. The standard InChI is InChI=1S/C28H26ClN3O2/c29-24-12-8-22(9-13-24)27(33)30-16-4-17-31(20-19-30)28(34)23-10-14-25(15-11-23)32-18-3-6-21-5-1-2-7-26(21)32/h1-3,5-15H,4,16-20H2. The zero-order valence-electron chi connectivity index (χ0n) is 18.9. The van der Waals surface area contributed by atoms with E-state index in [1.807, 2.05) is 46.2 Å². The number of carbonyl (C=O) groups excluding carboxylic acids is 2. The van der Waals surface area contributed by atoms with Gasteiger partial charge < -0.3 is 14.7 Å². The molecule has 1 fully saturated rings. The van der Waals surface area contributed by atoms with E-state index in [0.717, 1.165) is 18.7 Å². The van der Waals surface area contributed by atoms with Gasteiger partial charge in [-0.2, -0.15) is 0 Å². The van der Waals surface area contributed by atoms with Gasteiger partial charge in [0.2, 0.25) is 0 Å². The van der Waals surface area contributed by atoms with Crippen molar-refractivity contribution < 1.29 is 9.59 Å². The average molecular weight is 472 g/mol. The minimum atomic E-state index is -0.0221. The van der Waals surface area contributed by atoms with Gasteiger partial charge in [0.25, 0.3) is 11.8 Å². The smallest absolute Gasteiger partial charge is 0.253 e. The van der Waals surface area contributed by atoms with Crippen LogP contribution in [0.5, 0.6) is 0 Å². The van der Waals surface area contributed by atoms with Crippen LogP contribution in [0.4, 0.5) is 11.4 Å². The van der Waals surface area contributed by atoms with Crippen LogP contribution in [-0.2, 0) is 0 Å². The van der Waals surface area contributed by atoms with Gasteiger partial charge in [-0.1, -0.05) is 42.0 Å². The molecule has 0 bridgehead atoms.